The lowest BCUT2D eigenvalue weighted by Crippen LogP contribution is -2.43. The van der Waals surface area contributed by atoms with E-state index < -0.39 is 0 Å². The number of rotatable bonds is 2. The van der Waals surface area contributed by atoms with Gasteiger partial charge in [0.25, 0.3) is 5.91 Å². The number of carbonyl (C=O) groups is 1. The SMILES string of the molecule is CN1CCC(NC(=O)c2cccc(N)c2Br)CC1. The van der Waals surface area contributed by atoms with Crippen molar-refractivity contribution in [3.05, 3.63) is 28.2 Å². The molecule has 1 aromatic rings. The third-order valence-corrected chi connectivity index (χ3v) is 4.21. The van der Waals surface area contributed by atoms with E-state index >= 15 is 0 Å². The van der Waals surface area contributed by atoms with E-state index in [-0.39, 0.29) is 11.9 Å². The second-order valence-corrected chi connectivity index (χ2v) is 5.55. The quantitative estimate of drug-likeness (QED) is 0.820. The Morgan fingerprint density at radius 2 is 2.11 bits per heavy atom. The number of benzene rings is 1. The highest BCUT2D eigenvalue weighted by Crippen LogP contribution is 2.24. The number of nitrogen functional groups attached to an aromatic ring is 1. The van der Waals surface area contributed by atoms with E-state index in [4.69, 9.17) is 5.73 Å². The average Bonchev–Trinajstić information content (AvgIpc) is 2.35. The molecule has 1 saturated heterocycles. The smallest absolute Gasteiger partial charge is 0.252 e. The van der Waals surface area contributed by atoms with Gasteiger partial charge in [-0.25, -0.2) is 0 Å². The summed E-state index contributed by atoms with van der Waals surface area (Å²) in [6.07, 6.45) is 2.00. The normalized spacial score (nSPS) is 17.7. The fraction of sp³-hybridized carbons (Fsp3) is 0.462. The van der Waals surface area contributed by atoms with E-state index in [1.165, 1.54) is 0 Å². The molecule has 4 nitrogen and oxygen atoms in total. The molecule has 18 heavy (non-hydrogen) atoms. The summed E-state index contributed by atoms with van der Waals surface area (Å²) in [5.74, 6) is -0.0521. The Labute approximate surface area is 116 Å². The molecule has 0 saturated carbocycles. The molecule has 1 amide bonds. The lowest BCUT2D eigenvalue weighted by atomic mass is 10.0. The Morgan fingerprint density at radius 3 is 2.78 bits per heavy atom. The number of nitrogens with one attached hydrogen (secondary N) is 1. The van der Waals surface area contributed by atoms with Gasteiger partial charge in [-0.3, -0.25) is 4.79 Å². The predicted octanol–water partition coefficient (Wildman–Crippen LogP) is 1.86. The van der Waals surface area contributed by atoms with E-state index in [1.54, 1.807) is 18.2 Å². The molecular weight excluding hydrogens is 294 g/mol. The van der Waals surface area contributed by atoms with Crippen LogP contribution < -0.4 is 11.1 Å². The Kier molecular flexibility index (Phi) is 4.24. The van der Waals surface area contributed by atoms with Gasteiger partial charge in [0.1, 0.15) is 0 Å². The summed E-state index contributed by atoms with van der Waals surface area (Å²) >= 11 is 3.36. The van der Waals surface area contributed by atoms with Crippen LogP contribution in [0.2, 0.25) is 0 Å². The van der Waals surface area contributed by atoms with Crippen LogP contribution in [0.5, 0.6) is 0 Å². The van der Waals surface area contributed by atoms with Gasteiger partial charge >= 0.3 is 0 Å². The highest BCUT2D eigenvalue weighted by molar-refractivity contribution is 9.10. The molecule has 1 aliphatic rings. The molecule has 0 atom stereocenters. The topological polar surface area (TPSA) is 58.4 Å². The number of halogens is 1. The molecule has 2 rings (SSSR count). The molecule has 0 radical (unpaired) electrons. The molecule has 0 unspecified atom stereocenters. The average molecular weight is 312 g/mol. The summed E-state index contributed by atoms with van der Waals surface area (Å²) in [6, 6.07) is 5.62. The third kappa shape index (κ3) is 3.03. The van der Waals surface area contributed by atoms with Crippen LogP contribution in [0, 0.1) is 0 Å². The fourth-order valence-corrected chi connectivity index (χ4v) is 2.59. The van der Waals surface area contributed by atoms with Crippen molar-refractivity contribution in [3.63, 3.8) is 0 Å². The lowest BCUT2D eigenvalue weighted by molar-refractivity contribution is 0.0916. The second-order valence-electron chi connectivity index (χ2n) is 4.76. The molecular formula is C13H18BrN3O. The zero-order valence-electron chi connectivity index (χ0n) is 10.4. The van der Waals surface area contributed by atoms with Gasteiger partial charge in [0.2, 0.25) is 0 Å². The number of hydrogen-bond acceptors (Lipinski definition) is 3. The van der Waals surface area contributed by atoms with E-state index in [0.29, 0.717) is 15.7 Å². The number of nitrogens with two attached hydrogens (primary N) is 1. The number of nitrogens with zero attached hydrogens (tertiary/aromatic N) is 1. The van der Waals surface area contributed by atoms with Crippen LogP contribution >= 0.6 is 15.9 Å². The largest absolute Gasteiger partial charge is 0.398 e. The molecule has 0 spiro atoms. The standard InChI is InChI=1S/C13H18BrN3O/c1-17-7-5-9(6-8-17)16-13(18)10-3-2-4-11(15)12(10)14/h2-4,9H,5-8,15H2,1H3,(H,16,18). The summed E-state index contributed by atoms with van der Waals surface area (Å²) < 4.78 is 0.676. The first-order valence-corrected chi connectivity index (χ1v) is 6.90. The maximum atomic E-state index is 12.2. The third-order valence-electron chi connectivity index (χ3n) is 3.33. The Bertz CT molecular complexity index is 442. The van der Waals surface area contributed by atoms with Crippen molar-refractivity contribution in [1.29, 1.82) is 0 Å². The van der Waals surface area contributed by atoms with Crippen LogP contribution in [-0.2, 0) is 0 Å². The minimum Gasteiger partial charge on any atom is -0.398 e. The van der Waals surface area contributed by atoms with Crippen molar-refractivity contribution in [1.82, 2.24) is 10.2 Å². The first-order chi connectivity index (χ1) is 8.58. The van der Waals surface area contributed by atoms with Crippen molar-refractivity contribution in [2.45, 2.75) is 18.9 Å². The number of anilines is 1. The number of hydrogen-bond donors (Lipinski definition) is 2. The van der Waals surface area contributed by atoms with Crippen LogP contribution in [-0.4, -0.2) is 37.0 Å². The molecule has 0 aromatic heterocycles. The van der Waals surface area contributed by atoms with Crippen LogP contribution in [0.4, 0.5) is 5.69 Å². The van der Waals surface area contributed by atoms with Gasteiger partial charge < -0.3 is 16.0 Å². The first kappa shape index (κ1) is 13.4. The molecule has 1 aromatic carbocycles. The van der Waals surface area contributed by atoms with E-state index in [2.05, 4.69) is 33.2 Å². The predicted molar refractivity (Wildman–Crippen MR) is 76.5 cm³/mol. The first-order valence-electron chi connectivity index (χ1n) is 6.11. The molecule has 0 bridgehead atoms. The minimum atomic E-state index is -0.0521. The molecule has 0 aliphatic carbocycles. The summed E-state index contributed by atoms with van der Waals surface area (Å²) in [6.45, 7) is 2.06. The molecule has 98 valence electrons. The summed E-state index contributed by atoms with van der Waals surface area (Å²) in [7, 11) is 2.10. The van der Waals surface area contributed by atoms with E-state index in [9.17, 15) is 4.79 Å². The lowest BCUT2D eigenvalue weighted by Gasteiger charge is -2.29. The van der Waals surface area contributed by atoms with Crippen molar-refractivity contribution in [2.24, 2.45) is 0 Å². The van der Waals surface area contributed by atoms with Crippen LogP contribution in [0.1, 0.15) is 23.2 Å². The second kappa shape index (κ2) is 5.71. The maximum Gasteiger partial charge on any atom is 0.252 e. The summed E-state index contributed by atoms with van der Waals surface area (Å²) in [5.41, 5.74) is 6.97. The van der Waals surface area contributed by atoms with Crippen molar-refractivity contribution in [3.8, 4) is 0 Å². The zero-order valence-corrected chi connectivity index (χ0v) is 12.0. The van der Waals surface area contributed by atoms with Crippen LogP contribution in [0.15, 0.2) is 22.7 Å². The summed E-state index contributed by atoms with van der Waals surface area (Å²) in [5, 5.41) is 3.07. The molecule has 1 fully saturated rings. The van der Waals surface area contributed by atoms with Crippen LogP contribution in [0.25, 0.3) is 0 Å². The Hall–Kier alpha value is -1.07. The number of carbonyl (C=O) groups excluding carboxylic acids is 1. The van der Waals surface area contributed by atoms with Gasteiger partial charge in [0.05, 0.1) is 10.0 Å². The monoisotopic (exact) mass is 311 g/mol. The van der Waals surface area contributed by atoms with Crippen LogP contribution in [0.3, 0.4) is 0 Å². The number of amides is 1. The van der Waals surface area contributed by atoms with Gasteiger partial charge in [-0.05, 0) is 61.0 Å². The van der Waals surface area contributed by atoms with Crippen molar-refractivity contribution in [2.75, 3.05) is 25.9 Å². The van der Waals surface area contributed by atoms with Gasteiger partial charge in [-0.1, -0.05) is 6.07 Å². The van der Waals surface area contributed by atoms with Gasteiger partial charge in [-0.15, -0.1) is 0 Å². The van der Waals surface area contributed by atoms with Gasteiger partial charge in [-0.2, -0.15) is 0 Å². The van der Waals surface area contributed by atoms with Gasteiger partial charge in [0, 0.05) is 11.7 Å². The van der Waals surface area contributed by atoms with E-state index in [0.717, 1.165) is 25.9 Å². The Morgan fingerprint density at radius 1 is 1.44 bits per heavy atom. The fourth-order valence-electron chi connectivity index (χ4n) is 2.14. The summed E-state index contributed by atoms with van der Waals surface area (Å²) in [4.78, 5) is 14.4. The van der Waals surface area contributed by atoms with E-state index in [1.807, 2.05) is 0 Å². The molecule has 1 heterocycles. The number of likely N-dealkylation sites (tertiary alicyclic amines) is 1. The minimum absolute atomic E-state index is 0.0521. The molecule has 1 aliphatic heterocycles. The zero-order chi connectivity index (χ0) is 13.1. The highest BCUT2D eigenvalue weighted by Gasteiger charge is 2.20. The van der Waals surface area contributed by atoms with Crippen molar-refractivity contribution < 1.29 is 4.79 Å². The number of piperidine rings is 1. The highest BCUT2D eigenvalue weighted by atomic mass is 79.9. The maximum absolute atomic E-state index is 12.2. The molecule has 3 N–H and O–H groups in total. The Balaban J connectivity index is 2.01. The van der Waals surface area contributed by atoms with Gasteiger partial charge in [0.15, 0.2) is 0 Å². The van der Waals surface area contributed by atoms with Crippen molar-refractivity contribution >= 4 is 27.5 Å². The molecule has 5 heteroatoms.